The molecule has 3 heteroatoms. The molecule has 64 heavy (non-hydrogen) atoms. The van der Waals surface area contributed by atoms with Crippen molar-refractivity contribution in [3.63, 3.8) is 0 Å². The van der Waals surface area contributed by atoms with Crippen molar-refractivity contribution < 1.29 is 4.42 Å². The van der Waals surface area contributed by atoms with E-state index in [1.54, 1.807) is 0 Å². The lowest BCUT2D eigenvalue weighted by Crippen LogP contribution is -2.17. The zero-order valence-corrected chi connectivity index (χ0v) is 36.3. The van der Waals surface area contributed by atoms with Crippen molar-refractivity contribution >= 4 is 71.6 Å². The van der Waals surface area contributed by atoms with E-state index in [1.807, 2.05) is 0 Å². The maximum absolute atomic E-state index is 7.04. The lowest BCUT2D eigenvalue weighted by Gasteiger charge is -2.30. The largest absolute Gasteiger partial charge is 0.456 e. The second-order valence-corrected chi connectivity index (χ2v) is 18.7. The van der Waals surface area contributed by atoms with Gasteiger partial charge in [0.05, 0.1) is 16.7 Å². The van der Waals surface area contributed by atoms with Gasteiger partial charge in [-0.25, -0.2) is 0 Å². The molecule has 1 saturated carbocycles. The van der Waals surface area contributed by atoms with Gasteiger partial charge in [0.1, 0.15) is 11.2 Å². The van der Waals surface area contributed by atoms with Gasteiger partial charge in [0.2, 0.25) is 0 Å². The topological polar surface area (TPSA) is 21.3 Å². The first-order chi connectivity index (χ1) is 31.5. The number of fused-ring (bicyclic) bond motifs is 10. The zero-order valence-electron chi connectivity index (χ0n) is 36.3. The highest BCUT2D eigenvalue weighted by molar-refractivity contribution is 6.12. The third kappa shape index (κ3) is 5.66. The van der Waals surface area contributed by atoms with E-state index in [1.165, 1.54) is 103 Å². The van der Waals surface area contributed by atoms with E-state index in [0.717, 1.165) is 45.0 Å². The van der Waals surface area contributed by atoms with Gasteiger partial charge in [-0.1, -0.05) is 154 Å². The van der Waals surface area contributed by atoms with Gasteiger partial charge in [-0.05, 0) is 124 Å². The van der Waals surface area contributed by atoms with Crippen LogP contribution in [0.3, 0.4) is 0 Å². The van der Waals surface area contributed by atoms with Crippen LogP contribution in [0.1, 0.15) is 68.6 Å². The Labute approximate surface area is 373 Å². The second-order valence-electron chi connectivity index (χ2n) is 18.7. The molecule has 0 unspecified atom stereocenters. The number of para-hydroxylation sites is 3. The van der Waals surface area contributed by atoms with Crippen LogP contribution in [-0.4, -0.2) is 4.57 Å². The molecule has 2 aromatic heterocycles. The van der Waals surface area contributed by atoms with Crippen molar-refractivity contribution in [2.45, 2.75) is 57.3 Å². The number of hydrogen-bond acceptors (Lipinski definition) is 2. The highest BCUT2D eigenvalue weighted by atomic mass is 16.3. The van der Waals surface area contributed by atoms with Crippen molar-refractivity contribution in [2.75, 3.05) is 4.90 Å². The Morgan fingerprint density at radius 2 is 1.19 bits per heavy atom. The number of rotatable bonds is 6. The molecular formula is C61H48N2O. The molecule has 0 amide bonds. The molecule has 0 spiro atoms. The summed E-state index contributed by atoms with van der Waals surface area (Å²) >= 11 is 0. The minimum absolute atomic E-state index is 0.159. The molecule has 308 valence electrons. The molecule has 0 N–H and O–H groups in total. The van der Waals surface area contributed by atoms with Crippen LogP contribution in [0.2, 0.25) is 0 Å². The molecule has 0 aliphatic heterocycles. The fourth-order valence-electron chi connectivity index (χ4n) is 11.6. The molecule has 11 aromatic rings. The summed E-state index contributed by atoms with van der Waals surface area (Å²) in [5.41, 5.74) is 17.7. The molecule has 2 aliphatic carbocycles. The van der Waals surface area contributed by atoms with Crippen LogP contribution < -0.4 is 4.90 Å². The molecule has 2 aliphatic rings. The summed E-state index contributed by atoms with van der Waals surface area (Å²) in [6.45, 7) is 4.75. The van der Waals surface area contributed by atoms with Crippen LogP contribution in [0.5, 0.6) is 0 Å². The van der Waals surface area contributed by atoms with Gasteiger partial charge in [0, 0.05) is 55.7 Å². The summed E-state index contributed by atoms with van der Waals surface area (Å²) in [6, 6.07) is 70.0. The van der Waals surface area contributed by atoms with Crippen LogP contribution in [0, 0.1) is 0 Å². The minimum atomic E-state index is -0.159. The summed E-state index contributed by atoms with van der Waals surface area (Å²) in [5.74, 6) is 0.547. The maximum Gasteiger partial charge on any atom is 0.138 e. The Kier molecular flexibility index (Phi) is 8.34. The Balaban J connectivity index is 1.07. The monoisotopic (exact) mass is 824 g/mol. The third-order valence-corrected chi connectivity index (χ3v) is 14.7. The van der Waals surface area contributed by atoms with Crippen molar-refractivity contribution in [1.29, 1.82) is 0 Å². The fourth-order valence-corrected chi connectivity index (χ4v) is 11.6. The Bertz CT molecular complexity index is 3640. The SMILES string of the molecule is CC1(C)c2ccccc2-c2ccc(N(c3ccc4c(c3)oc3c(C5CCCCC5)cccc34)c3cc4ccccc4cc3-c3ccc4c5ccccc5n(-c5ccccc5)c4c3)cc21. The summed E-state index contributed by atoms with van der Waals surface area (Å²) in [5, 5.41) is 7.27. The fraction of sp³-hybridized carbons (Fsp3) is 0.148. The Morgan fingerprint density at radius 1 is 0.500 bits per heavy atom. The number of nitrogens with zero attached hydrogens (tertiary/aromatic N) is 2. The van der Waals surface area contributed by atoms with Gasteiger partial charge < -0.3 is 13.9 Å². The van der Waals surface area contributed by atoms with Gasteiger partial charge in [0.15, 0.2) is 0 Å². The minimum Gasteiger partial charge on any atom is -0.456 e. The van der Waals surface area contributed by atoms with E-state index in [0.29, 0.717) is 5.92 Å². The van der Waals surface area contributed by atoms with Gasteiger partial charge in [-0.2, -0.15) is 0 Å². The molecule has 0 atom stereocenters. The first kappa shape index (κ1) is 37.2. The van der Waals surface area contributed by atoms with Crippen molar-refractivity contribution in [3.8, 4) is 27.9 Å². The Morgan fingerprint density at radius 3 is 2.06 bits per heavy atom. The van der Waals surface area contributed by atoms with Gasteiger partial charge in [-0.3, -0.25) is 0 Å². The third-order valence-electron chi connectivity index (χ3n) is 14.7. The van der Waals surface area contributed by atoms with Gasteiger partial charge in [-0.15, -0.1) is 0 Å². The summed E-state index contributed by atoms with van der Waals surface area (Å²) < 4.78 is 9.46. The van der Waals surface area contributed by atoms with Crippen molar-refractivity contribution in [1.82, 2.24) is 4.57 Å². The van der Waals surface area contributed by atoms with E-state index in [9.17, 15) is 0 Å². The standard InChI is InChI=1S/C61H48N2O/c1-61(2)54-26-13-11-22-47(54)48-32-29-44(37-55(48)61)62(45-30-33-51-52-25-15-24-46(39-16-5-3-6-17-39)60(52)64-59(51)38-45)58-35-41-19-10-9-18-40(41)34-53(58)42-28-31-50-49-23-12-14-27-56(49)63(57(50)36-42)43-20-7-4-8-21-43/h4,7-15,18-39H,3,5-6,16-17H2,1-2H3. The Hall–Kier alpha value is -7.36. The molecule has 3 nitrogen and oxygen atoms in total. The summed E-state index contributed by atoms with van der Waals surface area (Å²) in [6.07, 6.45) is 6.38. The molecule has 9 aromatic carbocycles. The first-order valence-corrected chi connectivity index (χ1v) is 23.1. The van der Waals surface area contributed by atoms with Gasteiger partial charge >= 0.3 is 0 Å². The van der Waals surface area contributed by atoms with Crippen LogP contribution in [0.15, 0.2) is 192 Å². The van der Waals surface area contributed by atoms with Crippen LogP contribution >= 0.6 is 0 Å². The predicted octanol–water partition coefficient (Wildman–Crippen LogP) is 17.3. The van der Waals surface area contributed by atoms with Gasteiger partial charge in [0.25, 0.3) is 0 Å². The van der Waals surface area contributed by atoms with Crippen LogP contribution in [-0.2, 0) is 5.41 Å². The number of aromatic nitrogens is 1. The summed E-state index contributed by atoms with van der Waals surface area (Å²) in [4.78, 5) is 2.49. The number of hydrogen-bond donors (Lipinski definition) is 0. The normalized spacial score (nSPS) is 14.8. The second kappa shape index (κ2) is 14.3. The molecule has 0 bridgehead atoms. The van der Waals surface area contributed by atoms with Crippen LogP contribution in [0.4, 0.5) is 17.1 Å². The zero-order chi connectivity index (χ0) is 42.5. The van der Waals surface area contributed by atoms with E-state index in [-0.39, 0.29) is 5.41 Å². The number of furan rings is 1. The van der Waals surface area contributed by atoms with Crippen LogP contribution in [0.25, 0.3) is 82.5 Å². The smallest absolute Gasteiger partial charge is 0.138 e. The highest BCUT2D eigenvalue weighted by Crippen LogP contribution is 2.52. The lowest BCUT2D eigenvalue weighted by molar-refractivity contribution is 0.442. The highest BCUT2D eigenvalue weighted by Gasteiger charge is 2.36. The van der Waals surface area contributed by atoms with Crippen molar-refractivity contribution in [2.24, 2.45) is 0 Å². The average molecular weight is 825 g/mol. The first-order valence-electron chi connectivity index (χ1n) is 23.1. The molecule has 0 radical (unpaired) electrons. The number of benzene rings is 9. The van der Waals surface area contributed by atoms with E-state index in [2.05, 4.69) is 211 Å². The molecule has 13 rings (SSSR count). The van der Waals surface area contributed by atoms with E-state index < -0.39 is 0 Å². The van der Waals surface area contributed by atoms with E-state index >= 15 is 0 Å². The quantitative estimate of drug-likeness (QED) is 0.167. The van der Waals surface area contributed by atoms with Crippen molar-refractivity contribution in [3.05, 3.63) is 205 Å². The van der Waals surface area contributed by atoms with E-state index in [4.69, 9.17) is 4.42 Å². The predicted molar refractivity (Wildman–Crippen MR) is 269 cm³/mol. The lowest BCUT2D eigenvalue weighted by atomic mass is 9.82. The molecule has 0 saturated heterocycles. The number of anilines is 3. The molecule has 2 heterocycles. The molecular weight excluding hydrogens is 777 g/mol. The molecule has 1 fully saturated rings. The summed E-state index contributed by atoms with van der Waals surface area (Å²) in [7, 11) is 0. The average Bonchev–Trinajstić information content (AvgIpc) is 3.96. The maximum atomic E-state index is 7.04.